The van der Waals surface area contributed by atoms with Crippen LogP contribution in [0.5, 0.6) is 0 Å². The molecule has 0 heterocycles. The third-order valence-electron chi connectivity index (χ3n) is 2.34. The quantitative estimate of drug-likeness (QED) is 0.373. The number of hydrogen-bond acceptors (Lipinski definition) is 4. The third kappa shape index (κ3) is 11.2. The minimum atomic E-state index is -0.486. The maximum atomic E-state index is 11.1. The van der Waals surface area contributed by atoms with Gasteiger partial charge < -0.3 is 0 Å². The van der Waals surface area contributed by atoms with Gasteiger partial charge in [0.05, 0.1) is 6.42 Å². The summed E-state index contributed by atoms with van der Waals surface area (Å²) >= 11 is 0. The summed E-state index contributed by atoms with van der Waals surface area (Å²) in [6.45, 7) is 6.22. The molecule has 0 aliphatic rings. The van der Waals surface area contributed by atoms with E-state index >= 15 is 0 Å². The standard InChI is InChI=1S/C13H24O4/c1-4-8-12(14)16-17-13(15)10-7-5-6-9-11(2)3/h11H,4-10H2,1-3H3. The van der Waals surface area contributed by atoms with E-state index in [2.05, 4.69) is 23.6 Å². The van der Waals surface area contributed by atoms with Crippen molar-refractivity contribution in [3.63, 3.8) is 0 Å². The molecule has 0 saturated heterocycles. The SMILES string of the molecule is CCCC(=O)OOC(=O)CCCCCC(C)C. The predicted molar refractivity (Wildman–Crippen MR) is 65.0 cm³/mol. The molecular formula is C13H24O4. The van der Waals surface area contributed by atoms with E-state index in [0.717, 1.165) is 19.3 Å². The van der Waals surface area contributed by atoms with Gasteiger partial charge in [0.15, 0.2) is 0 Å². The van der Waals surface area contributed by atoms with E-state index in [4.69, 9.17) is 0 Å². The molecule has 0 aromatic carbocycles. The number of carbonyl (C=O) groups is 2. The molecule has 0 spiro atoms. The first kappa shape index (κ1) is 15.9. The second-order valence-electron chi connectivity index (χ2n) is 4.65. The zero-order valence-corrected chi connectivity index (χ0v) is 11.2. The fourth-order valence-electron chi connectivity index (χ4n) is 1.38. The minimum Gasteiger partial charge on any atom is -0.247 e. The molecule has 0 rings (SSSR count). The molecule has 0 radical (unpaired) electrons. The van der Waals surface area contributed by atoms with E-state index in [1.807, 2.05) is 6.92 Å². The van der Waals surface area contributed by atoms with Gasteiger partial charge >= 0.3 is 11.9 Å². The molecule has 0 atom stereocenters. The zero-order chi connectivity index (χ0) is 13.1. The molecule has 0 N–H and O–H groups in total. The van der Waals surface area contributed by atoms with Crippen LogP contribution in [0.4, 0.5) is 0 Å². The molecule has 0 unspecified atom stereocenters. The molecule has 0 amide bonds. The highest BCUT2D eigenvalue weighted by molar-refractivity contribution is 5.72. The molecule has 0 aliphatic carbocycles. The van der Waals surface area contributed by atoms with Crippen molar-refractivity contribution < 1.29 is 19.4 Å². The topological polar surface area (TPSA) is 52.6 Å². The number of rotatable bonds is 8. The zero-order valence-electron chi connectivity index (χ0n) is 11.2. The highest BCUT2D eigenvalue weighted by atomic mass is 17.2. The summed E-state index contributed by atoms with van der Waals surface area (Å²) in [5, 5.41) is 0. The Morgan fingerprint density at radius 2 is 1.53 bits per heavy atom. The van der Waals surface area contributed by atoms with Gasteiger partial charge in [-0.2, -0.15) is 0 Å². The van der Waals surface area contributed by atoms with E-state index in [1.54, 1.807) is 0 Å². The molecule has 0 aromatic rings. The molecule has 4 nitrogen and oxygen atoms in total. The van der Waals surface area contributed by atoms with Gasteiger partial charge in [0, 0.05) is 6.42 Å². The normalized spacial score (nSPS) is 10.4. The smallest absolute Gasteiger partial charge is 0.247 e. The maximum Gasteiger partial charge on any atom is 0.355 e. The van der Waals surface area contributed by atoms with Gasteiger partial charge in [-0.25, -0.2) is 19.4 Å². The molecule has 100 valence electrons. The third-order valence-corrected chi connectivity index (χ3v) is 2.34. The summed E-state index contributed by atoms with van der Waals surface area (Å²) in [5.74, 6) is -0.239. The molecule has 0 aliphatic heterocycles. The van der Waals surface area contributed by atoms with E-state index in [9.17, 15) is 9.59 Å². The summed E-state index contributed by atoms with van der Waals surface area (Å²) in [6.07, 6.45) is 5.39. The summed E-state index contributed by atoms with van der Waals surface area (Å²) in [5.41, 5.74) is 0. The van der Waals surface area contributed by atoms with E-state index in [0.29, 0.717) is 18.8 Å². The second kappa shape index (κ2) is 10.1. The first-order chi connectivity index (χ1) is 8.06. The summed E-state index contributed by atoms with van der Waals surface area (Å²) in [6, 6.07) is 0. The van der Waals surface area contributed by atoms with Gasteiger partial charge in [-0.3, -0.25) is 0 Å². The van der Waals surface area contributed by atoms with Gasteiger partial charge in [0.25, 0.3) is 0 Å². The Bertz CT molecular complexity index is 223. The molecule has 0 saturated carbocycles. The Balaban J connectivity index is 3.38. The highest BCUT2D eigenvalue weighted by Gasteiger charge is 2.08. The van der Waals surface area contributed by atoms with Gasteiger partial charge in [-0.15, -0.1) is 0 Å². The molecule has 4 heteroatoms. The van der Waals surface area contributed by atoms with Crippen molar-refractivity contribution in [2.45, 2.75) is 65.7 Å². The Labute approximate surface area is 104 Å². The minimum absolute atomic E-state index is 0.279. The Hall–Kier alpha value is -1.06. The van der Waals surface area contributed by atoms with Crippen molar-refractivity contribution in [2.75, 3.05) is 0 Å². The van der Waals surface area contributed by atoms with E-state index in [-0.39, 0.29) is 6.42 Å². The first-order valence-corrected chi connectivity index (χ1v) is 6.46. The molecule has 0 fully saturated rings. The van der Waals surface area contributed by atoms with Crippen LogP contribution in [0.15, 0.2) is 0 Å². The van der Waals surface area contributed by atoms with E-state index < -0.39 is 11.9 Å². The monoisotopic (exact) mass is 244 g/mol. The lowest BCUT2D eigenvalue weighted by atomic mass is 10.0. The van der Waals surface area contributed by atoms with Gasteiger partial charge in [-0.1, -0.05) is 40.0 Å². The molecule has 17 heavy (non-hydrogen) atoms. The van der Waals surface area contributed by atoms with Crippen LogP contribution in [0.3, 0.4) is 0 Å². The number of carbonyl (C=O) groups excluding carboxylic acids is 2. The lowest BCUT2D eigenvalue weighted by Crippen LogP contribution is -2.10. The Morgan fingerprint density at radius 3 is 2.06 bits per heavy atom. The van der Waals surface area contributed by atoms with Crippen molar-refractivity contribution in [1.82, 2.24) is 0 Å². The number of hydrogen-bond donors (Lipinski definition) is 0. The molecular weight excluding hydrogens is 220 g/mol. The lowest BCUT2D eigenvalue weighted by molar-refractivity contribution is -0.259. The average Bonchev–Trinajstić information content (AvgIpc) is 2.26. The van der Waals surface area contributed by atoms with Gasteiger partial charge in [-0.05, 0) is 18.8 Å². The summed E-state index contributed by atoms with van der Waals surface area (Å²) in [4.78, 5) is 30.8. The van der Waals surface area contributed by atoms with Crippen molar-refractivity contribution in [2.24, 2.45) is 5.92 Å². The Kier molecular flexibility index (Phi) is 9.49. The van der Waals surface area contributed by atoms with Crippen LogP contribution in [0.1, 0.15) is 65.7 Å². The number of unbranched alkanes of at least 4 members (excludes halogenated alkanes) is 2. The van der Waals surface area contributed by atoms with Crippen LogP contribution < -0.4 is 0 Å². The van der Waals surface area contributed by atoms with Crippen LogP contribution in [0.25, 0.3) is 0 Å². The maximum absolute atomic E-state index is 11.1. The summed E-state index contributed by atoms with van der Waals surface area (Å²) in [7, 11) is 0. The fraction of sp³-hybridized carbons (Fsp3) is 0.846. The van der Waals surface area contributed by atoms with Crippen molar-refractivity contribution in [1.29, 1.82) is 0 Å². The second-order valence-corrected chi connectivity index (χ2v) is 4.65. The summed E-state index contributed by atoms with van der Waals surface area (Å²) < 4.78 is 0. The molecule has 0 bridgehead atoms. The van der Waals surface area contributed by atoms with Crippen molar-refractivity contribution in [3.05, 3.63) is 0 Å². The van der Waals surface area contributed by atoms with Gasteiger partial charge in [0.1, 0.15) is 0 Å². The lowest BCUT2D eigenvalue weighted by Gasteiger charge is -2.04. The average molecular weight is 244 g/mol. The fourth-order valence-corrected chi connectivity index (χ4v) is 1.38. The van der Waals surface area contributed by atoms with E-state index in [1.165, 1.54) is 6.42 Å². The largest absolute Gasteiger partial charge is 0.355 e. The Morgan fingerprint density at radius 1 is 0.941 bits per heavy atom. The highest BCUT2D eigenvalue weighted by Crippen LogP contribution is 2.09. The van der Waals surface area contributed by atoms with Crippen LogP contribution in [0.2, 0.25) is 0 Å². The van der Waals surface area contributed by atoms with Crippen molar-refractivity contribution >= 4 is 11.9 Å². The van der Waals surface area contributed by atoms with Crippen LogP contribution in [0, 0.1) is 5.92 Å². The first-order valence-electron chi connectivity index (χ1n) is 6.46. The van der Waals surface area contributed by atoms with Crippen molar-refractivity contribution in [3.8, 4) is 0 Å². The van der Waals surface area contributed by atoms with Gasteiger partial charge in [0.2, 0.25) is 0 Å². The van der Waals surface area contributed by atoms with Crippen LogP contribution in [-0.4, -0.2) is 11.9 Å². The molecule has 0 aromatic heterocycles. The van der Waals surface area contributed by atoms with Crippen LogP contribution >= 0.6 is 0 Å². The predicted octanol–water partition coefficient (Wildman–Crippen LogP) is 3.39. The van der Waals surface area contributed by atoms with Crippen LogP contribution in [-0.2, 0) is 19.4 Å².